The average Bonchev–Trinajstić information content (AvgIpc) is 2.83. The molecule has 2 aromatic carbocycles. The van der Waals surface area contributed by atoms with Gasteiger partial charge in [0.05, 0.1) is 0 Å². The Morgan fingerprint density at radius 1 is 0.900 bits per heavy atom. The Labute approximate surface area is 122 Å². The van der Waals surface area contributed by atoms with Gasteiger partial charge in [0.15, 0.2) is 0 Å². The lowest BCUT2D eigenvalue weighted by atomic mass is 9.85. The topological polar surface area (TPSA) is 0 Å². The number of rotatable bonds is 1. The maximum atomic E-state index is 2.41. The number of hydrogen-bond acceptors (Lipinski definition) is 0. The second-order valence-corrected chi connectivity index (χ2v) is 6.84. The van der Waals surface area contributed by atoms with Crippen LogP contribution < -0.4 is 0 Å². The quantitative estimate of drug-likeness (QED) is 0.623. The molecular weight excluding hydrogens is 240 g/mol. The predicted molar refractivity (Wildman–Crippen MR) is 87.8 cm³/mol. The molecule has 0 bridgehead atoms. The smallest absolute Gasteiger partial charge is 0.00523 e. The van der Waals surface area contributed by atoms with Crippen LogP contribution >= 0.6 is 0 Å². The van der Waals surface area contributed by atoms with E-state index in [0.717, 1.165) is 6.42 Å². The Kier molecular flexibility index (Phi) is 3.05. The Bertz CT molecular complexity index is 664. The maximum absolute atomic E-state index is 2.41. The highest BCUT2D eigenvalue weighted by Gasteiger charge is 2.24. The van der Waals surface area contributed by atoms with Gasteiger partial charge in [-0.05, 0) is 41.0 Å². The Morgan fingerprint density at radius 3 is 2.25 bits per heavy atom. The molecule has 0 radical (unpaired) electrons. The highest BCUT2D eigenvalue weighted by molar-refractivity contribution is 5.81. The monoisotopic (exact) mass is 262 g/mol. The van der Waals surface area contributed by atoms with Crippen molar-refractivity contribution in [2.24, 2.45) is 5.41 Å². The van der Waals surface area contributed by atoms with Crippen molar-refractivity contribution in [3.63, 3.8) is 0 Å². The lowest BCUT2D eigenvalue weighted by Gasteiger charge is -2.19. The zero-order chi connectivity index (χ0) is 14.3. The molecule has 0 heterocycles. The molecule has 0 aromatic heterocycles. The molecule has 0 atom stereocenters. The van der Waals surface area contributed by atoms with Crippen LogP contribution in [0.4, 0.5) is 0 Å². The minimum Gasteiger partial charge on any atom is -0.0613 e. The lowest BCUT2D eigenvalue weighted by molar-refractivity contribution is 0.498. The van der Waals surface area contributed by atoms with Gasteiger partial charge in [-0.3, -0.25) is 0 Å². The third kappa shape index (κ3) is 2.31. The van der Waals surface area contributed by atoms with E-state index in [1.165, 1.54) is 33.4 Å². The first-order valence-electron chi connectivity index (χ1n) is 7.35. The molecule has 0 aliphatic heterocycles. The molecule has 1 aliphatic carbocycles. The number of benzene rings is 2. The average molecular weight is 262 g/mol. The van der Waals surface area contributed by atoms with E-state index >= 15 is 0 Å². The van der Waals surface area contributed by atoms with Gasteiger partial charge >= 0.3 is 0 Å². The number of aryl methyl sites for hydroxylation is 1. The molecule has 20 heavy (non-hydrogen) atoms. The van der Waals surface area contributed by atoms with Crippen LogP contribution in [0, 0.1) is 12.3 Å². The fraction of sp³-hybridized carbons (Fsp3) is 0.300. The predicted octanol–water partition coefficient (Wildman–Crippen LogP) is 5.65. The normalized spacial score (nSPS) is 14.1. The van der Waals surface area contributed by atoms with Crippen molar-refractivity contribution >= 4 is 6.08 Å². The summed E-state index contributed by atoms with van der Waals surface area (Å²) in [5.41, 5.74) is 8.66. The lowest BCUT2D eigenvalue weighted by Crippen LogP contribution is -2.08. The first-order valence-corrected chi connectivity index (χ1v) is 7.35. The molecule has 102 valence electrons. The largest absolute Gasteiger partial charge is 0.0613 e. The van der Waals surface area contributed by atoms with E-state index < -0.39 is 0 Å². The summed E-state index contributed by atoms with van der Waals surface area (Å²) in [5.74, 6) is 0. The van der Waals surface area contributed by atoms with E-state index in [1.54, 1.807) is 0 Å². The van der Waals surface area contributed by atoms with E-state index in [1.807, 2.05) is 0 Å². The van der Waals surface area contributed by atoms with Crippen molar-refractivity contribution in [2.45, 2.75) is 34.1 Å². The fourth-order valence-corrected chi connectivity index (χ4v) is 2.83. The Hall–Kier alpha value is -1.82. The number of fused-ring (bicyclic) bond motifs is 1. The summed E-state index contributed by atoms with van der Waals surface area (Å²) in [4.78, 5) is 0. The molecule has 0 nitrogen and oxygen atoms in total. The van der Waals surface area contributed by atoms with Gasteiger partial charge in [-0.2, -0.15) is 0 Å². The zero-order valence-electron chi connectivity index (χ0n) is 12.8. The van der Waals surface area contributed by atoms with E-state index in [-0.39, 0.29) is 5.41 Å². The molecule has 0 fully saturated rings. The van der Waals surface area contributed by atoms with E-state index in [2.05, 4.69) is 76.2 Å². The first-order chi connectivity index (χ1) is 9.45. The molecule has 0 unspecified atom stereocenters. The van der Waals surface area contributed by atoms with Gasteiger partial charge in [0.2, 0.25) is 0 Å². The highest BCUT2D eigenvalue weighted by atomic mass is 14.3. The van der Waals surface area contributed by atoms with Gasteiger partial charge in [0, 0.05) is 0 Å². The minimum atomic E-state index is 0.254. The molecule has 0 saturated carbocycles. The number of allylic oxidation sites excluding steroid dienone is 1. The molecule has 0 N–H and O–H groups in total. The SMILES string of the molecule is Cc1ccc(-c2cccc3c2C=C(C(C)(C)C)C3)cc1. The Balaban J connectivity index is 2.10. The van der Waals surface area contributed by atoms with Crippen LogP contribution in [0.1, 0.15) is 37.5 Å². The van der Waals surface area contributed by atoms with Crippen LogP contribution in [0.2, 0.25) is 0 Å². The molecule has 0 heteroatoms. The van der Waals surface area contributed by atoms with Crippen LogP contribution in [0.5, 0.6) is 0 Å². The van der Waals surface area contributed by atoms with E-state index in [4.69, 9.17) is 0 Å². The van der Waals surface area contributed by atoms with Crippen molar-refractivity contribution < 1.29 is 0 Å². The summed E-state index contributed by atoms with van der Waals surface area (Å²) in [7, 11) is 0. The van der Waals surface area contributed by atoms with Gasteiger partial charge in [-0.25, -0.2) is 0 Å². The zero-order valence-corrected chi connectivity index (χ0v) is 12.8. The summed E-state index contributed by atoms with van der Waals surface area (Å²) in [6, 6.07) is 15.5. The second-order valence-electron chi connectivity index (χ2n) is 6.84. The summed E-state index contributed by atoms with van der Waals surface area (Å²) < 4.78 is 0. The Morgan fingerprint density at radius 2 is 1.60 bits per heavy atom. The van der Waals surface area contributed by atoms with Crippen LogP contribution in [-0.4, -0.2) is 0 Å². The fourth-order valence-electron chi connectivity index (χ4n) is 2.83. The third-order valence-corrected chi connectivity index (χ3v) is 4.22. The van der Waals surface area contributed by atoms with E-state index in [9.17, 15) is 0 Å². The summed E-state index contributed by atoms with van der Waals surface area (Å²) in [6.45, 7) is 9.04. The van der Waals surface area contributed by atoms with Gasteiger partial charge in [0.1, 0.15) is 0 Å². The highest BCUT2D eigenvalue weighted by Crippen LogP contribution is 2.40. The molecule has 1 aliphatic rings. The summed E-state index contributed by atoms with van der Waals surface area (Å²) in [6.07, 6.45) is 3.50. The van der Waals surface area contributed by atoms with Gasteiger partial charge in [0.25, 0.3) is 0 Å². The molecular formula is C20H22. The molecule has 0 amide bonds. The molecule has 0 saturated heterocycles. The van der Waals surface area contributed by atoms with Gasteiger partial charge < -0.3 is 0 Å². The van der Waals surface area contributed by atoms with E-state index in [0.29, 0.717) is 0 Å². The van der Waals surface area contributed by atoms with Crippen LogP contribution in [-0.2, 0) is 6.42 Å². The third-order valence-electron chi connectivity index (χ3n) is 4.22. The number of hydrogen-bond donors (Lipinski definition) is 0. The van der Waals surface area contributed by atoms with Crippen molar-refractivity contribution in [1.29, 1.82) is 0 Å². The summed E-state index contributed by atoms with van der Waals surface area (Å²) >= 11 is 0. The van der Waals surface area contributed by atoms with Crippen molar-refractivity contribution in [2.75, 3.05) is 0 Å². The van der Waals surface area contributed by atoms with Gasteiger partial charge in [-0.15, -0.1) is 0 Å². The van der Waals surface area contributed by atoms with Gasteiger partial charge in [-0.1, -0.05) is 80.4 Å². The molecule has 0 spiro atoms. The molecule has 3 rings (SSSR count). The van der Waals surface area contributed by atoms with Crippen LogP contribution in [0.25, 0.3) is 17.2 Å². The second kappa shape index (κ2) is 4.63. The standard InChI is InChI=1S/C20H22/c1-14-8-10-15(11-9-14)18-7-5-6-16-12-17(13-19(16)18)20(2,3)4/h5-11,13H,12H2,1-4H3. The maximum Gasteiger partial charge on any atom is -0.00523 e. The van der Waals surface area contributed by atoms with Crippen molar-refractivity contribution in [3.05, 3.63) is 64.7 Å². The van der Waals surface area contributed by atoms with Crippen LogP contribution in [0.15, 0.2) is 48.0 Å². The summed E-state index contributed by atoms with van der Waals surface area (Å²) in [5, 5.41) is 0. The first kappa shape index (κ1) is 13.2. The van der Waals surface area contributed by atoms with Crippen molar-refractivity contribution in [1.82, 2.24) is 0 Å². The minimum absolute atomic E-state index is 0.254. The molecule has 2 aromatic rings. The van der Waals surface area contributed by atoms with Crippen LogP contribution in [0.3, 0.4) is 0 Å². The van der Waals surface area contributed by atoms with Crippen molar-refractivity contribution in [3.8, 4) is 11.1 Å².